The monoisotopic (exact) mass is 222 g/mol. The molecule has 0 spiro atoms. The van der Waals surface area contributed by atoms with Crippen molar-refractivity contribution in [3.05, 3.63) is 36.4 Å². The fourth-order valence-corrected chi connectivity index (χ4v) is 1.83. The van der Waals surface area contributed by atoms with Crippen LogP contribution in [0.25, 0.3) is 10.8 Å². The first-order valence-corrected chi connectivity index (χ1v) is 5.32. The maximum atomic E-state index is 10.5. The first kappa shape index (κ1) is 9.95. The molecule has 15 heavy (non-hydrogen) atoms. The van der Waals surface area contributed by atoms with E-state index in [1.54, 1.807) is 18.2 Å². The molecule has 2 rings (SSSR count). The van der Waals surface area contributed by atoms with Crippen molar-refractivity contribution >= 4 is 27.7 Å². The SMILES string of the molecule is O=S([O-])Nc1c(O)ccc2ccccc12. The maximum Gasteiger partial charge on any atom is 0.140 e. The number of hydrogen-bond donors (Lipinski definition) is 2. The normalized spacial score (nSPS) is 12.6. The Bertz CT molecular complexity index is 527. The van der Waals surface area contributed by atoms with E-state index in [4.69, 9.17) is 0 Å². The molecule has 0 aliphatic carbocycles. The molecule has 2 aromatic rings. The van der Waals surface area contributed by atoms with Crippen LogP contribution < -0.4 is 4.72 Å². The number of anilines is 1. The molecule has 0 bridgehead atoms. The highest BCUT2D eigenvalue weighted by Gasteiger charge is 2.05. The summed E-state index contributed by atoms with van der Waals surface area (Å²) in [5, 5.41) is 11.1. The number of phenolic OH excluding ortho intramolecular Hbond substituents is 1. The van der Waals surface area contributed by atoms with Crippen LogP contribution in [0, 0.1) is 0 Å². The summed E-state index contributed by atoms with van der Waals surface area (Å²) in [4.78, 5) is 0. The fourth-order valence-electron chi connectivity index (χ4n) is 1.45. The molecule has 78 valence electrons. The van der Waals surface area contributed by atoms with E-state index >= 15 is 0 Å². The molecule has 2 N–H and O–H groups in total. The van der Waals surface area contributed by atoms with Crippen LogP contribution in [0.3, 0.4) is 0 Å². The highest BCUT2D eigenvalue weighted by molar-refractivity contribution is 7.80. The van der Waals surface area contributed by atoms with Crippen LogP contribution in [0.15, 0.2) is 36.4 Å². The zero-order valence-electron chi connectivity index (χ0n) is 7.64. The number of rotatable bonds is 2. The van der Waals surface area contributed by atoms with Crippen LogP contribution in [0.5, 0.6) is 5.75 Å². The summed E-state index contributed by atoms with van der Waals surface area (Å²) < 4.78 is 23.3. The first-order valence-electron chi connectivity index (χ1n) is 4.25. The van der Waals surface area contributed by atoms with Crippen molar-refractivity contribution in [2.75, 3.05) is 4.72 Å². The lowest BCUT2D eigenvalue weighted by atomic mass is 10.1. The lowest BCUT2D eigenvalue weighted by molar-refractivity contribution is 0.478. The summed E-state index contributed by atoms with van der Waals surface area (Å²) in [5.74, 6) is -0.0853. The van der Waals surface area contributed by atoms with E-state index in [9.17, 15) is 13.9 Å². The van der Waals surface area contributed by atoms with Crippen LogP contribution >= 0.6 is 0 Å². The van der Waals surface area contributed by atoms with Gasteiger partial charge in [0, 0.05) is 16.7 Å². The number of nitrogens with one attached hydrogen (secondary N) is 1. The molecule has 1 unspecified atom stereocenters. The molecule has 0 fully saturated rings. The smallest absolute Gasteiger partial charge is 0.140 e. The van der Waals surface area contributed by atoms with Crippen molar-refractivity contribution in [2.45, 2.75) is 0 Å². The molecule has 0 saturated heterocycles. The van der Waals surface area contributed by atoms with Crippen LogP contribution in [0.4, 0.5) is 5.69 Å². The predicted octanol–water partition coefficient (Wildman–Crippen LogP) is 1.75. The van der Waals surface area contributed by atoms with E-state index in [1.807, 2.05) is 12.1 Å². The third kappa shape index (κ3) is 1.93. The van der Waals surface area contributed by atoms with Gasteiger partial charge in [-0.05, 0) is 11.5 Å². The minimum absolute atomic E-state index is 0.0853. The third-order valence-electron chi connectivity index (χ3n) is 2.09. The molecule has 1 atom stereocenters. The number of fused-ring (bicyclic) bond motifs is 1. The molecule has 0 saturated carbocycles. The van der Waals surface area contributed by atoms with E-state index in [2.05, 4.69) is 4.72 Å². The molecule has 0 aliphatic heterocycles. The minimum atomic E-state index is -2.44. The number of hydrogen-bond acceptors (Lipinski definition) is 3. The largest absolute Gasteiger partial charge is 0.755 e. The van der Waals surface area contributed by atoms with Crippen LogP contribution in [-0.4, -0.2) is 13.9 Å². The highest BCUT2D eigenvalue weighted by atomic mass is 32.2. The van der Waals surface area contributed by atoms with Gasteiger partial charge in [0.05, 0.1) is 5.69 Å². The van der Waals surface area contributed by atoms with Gasteiger partial charge in [0.15, 0.2) is 0 Å². The summed E-state index contributed by atoms with van der Waals surface area (Å²) in [6, 6.07) is 10.4. The van der Waals surface area contributed by atoms with Gasteiger partial charge >= 0.3 is 0 Å². The van der Waals surface area contributed by atoms with Crippen molar-refractivity contribution in [3.63, 3.8) is 0 Å². The molecule has 0 aliphatic rings. The Labute approximate surface area is 89.0 Å². The molecule has 2 aromatic carbocycles. The topological polar surface area (TPSA) is 72.4 Å². The molecular weight excluding hydrogens is 214 g/mol. The first-order chi connectivity index (χ1) is 7.18. The average molecular weight is 222 g/mol. The van der Waals surface area contributed by atoms with Gasteiger partial charge in [0.1, 0.15) is 5.75 Å². The highest BCUT2D eigenvalue weighted by Crippen LogP contribution is 2.32. The van der Waals surface area contributed by atoms with Gasteiger partial charge in [0.2, 0.25) is 0 Å². The summed E-state index contributed by atoms with van der Waals surface area (Å²) in [5.41, 5.74) is 0.210. The third-order valence-corrected chi connectivity index (χ3v) is 2.46. The molecular formula is C10H8NO3S-. The Kier molecular flexibility index (Phi) is 2.57. The zero-order valence-corrected chi connectivity index (χ0v) is 8.45. The predicted molar refractivity (Wildman–Crippen MR) is 58.2 cm³/mol. The molecule has 5 heteroatoms. The van der Waals surface area contributed by atoms with E-state index in [0.717, 1.165) is 5.39 Å². The van der Waals surface area contributed by atoms with Gasteiger partial charge in [-0.3, -0.25) is 4.21 Å². The summed E-state index contributed by atoms with van der Waals surface area (Å²) in [6.07, 6.45) is 0. The zero-order chi connectivity index (χ0) is 10.8. The van der Waals surface area contributed by atoms with Crippen molar-refractivity contribution in [3.8, 4) is 5.75 Å². The van der Waals surface area contributed by atoms with Gasteiger partial charge in [0.25, 0.3) is 0 Å². The molecule has 4 nitrogen and oxygen atoms in total. The van der Waals surface area contributed by atoms with Crippen molar-refractivity contribution in [1.82, 2.24) is 0 Å². The van der Waals surface area contributed by atoms with Crippen molar-refractivity contribution < 1.29 is 13.9 Å². The second kappa shape index (κ2) is 3.88. The van der Waals surface area contributed by atoms with Gasteiger partial charge in [-0.2, -0.15) is 0 Å². The number of benzene rings is 2. The number of phenols is 1. The second-order valence-corrected chi connectivity index (χ2v) is 3.69. The molecule has 0 radical (unpaired) electrons. The van der Waals surface area contributed by atoms with Crippen LogP contribution in [0.1, 0.15) is 0 Å². The molecule has 0 amide bonds. The Morgan fingerprint density at radius 2 is 1.93 bits per heavy atom. The lowest BCUT2D eigenvalue weighted by Gasteiger charge is -2.12. The van der Waals surface area contributed by atoms with Crippen LogP contribution in [-0.2, 0) is 11.3 Å². The Balaban J connectivity index is 2.68. The summed E-state index contributed by atoms with van der Waals surface area (Å²) in [6.45, 7) is 0. The van der Waals surface area contributed by atoms with E-state index < -0.39 is 11.3 Å². The van der Waals surface area contributed by atoms with Gasteiger partial charge in [-0.25, -0.2) is 0 Å². The maximum absolute atomic E-state index is 10.5. The van der Waals surface area contributed by atoms with E-state index in [-0.39, 0.29) is 11.4 Å². The standard InChI is InChI=1S/C10H9NO3S/c12-9-6-5-7-3-1-2-4-8(7)10(9)11-15(13)14/h1-6,11-12H,(H,13,14)/p-1. The average Bonchev–Trinajstić information content (AvgIpc) is 2.22. The molecule has 0 heterocycles. The van der Waals surface area contributed by atoms with E-state index in [0.29, 0.717) is 5.39 Å². The Morgan fingerprint density at radius 3 is 2.67 bits per heavy atom. The van der Waals surface area contributed by atoms with Gasteiger partial charge in [-0.15, -0.1) is 0 Å². The van der Waals surface area contributed by atoms with Crippen molar-refractivity contribution in [1.29, 1.82) is 0 Å². The van der Waals surface area contributed by atoms with Crippen molar-refractivity contribution in [2.24, 2.45) is 0 Å². The lowest BCUT2D eigenvalue weighted by Crippen LogP contribution is -2.02. The van der Waals surface area contributed by atoms with Gasteiger partial charge in [-0.1, -0.05) is 30.3 Å². The Hall–Kier alpha value is -1.59. The second-order valence-electron chi connectivity index (χ2n) is 3.02. The van der Waals surface area contributed by atoms with Crippen LogP contribution in [0.2, 0.25) is 0 Å². The van der Waals surface area contributed by atoms with Gasteiger partial charge < -0.3 is 14.4 Å². The summed E-state index contributed by atoms with van der Waals surface area (Å²) in [7, 11) is 0. The quantitative estimate of drug-likeness (QED) is 0.600. The molecule has 0 aromatic heterocycles. The minimum Gasteiger partial charge on any atom is -0.755 e. The number of aromatic hydroxyl groups is 1. The fraction of sp³-hybridized carbons (Fsp3) is 0. The van der Waals surface area contributed by atoms with E-state index in [1.165, 1.54) is 6.07 Å². The summed E-state index contributed by atoms with van der Waals surface area (Å²) >= 11 is -2.44. The Morgan fingerprint density at radius 1 is 1.20 bits per heavy atom.